The third-order valence-corrected chi connectivity index (χ3v) is 4.75. The molecule has 0 aliphatic carbocycles. The minimum Gasteiger partial charge on any atom is -0.444 e. The number of amides is 3. The van der Waals surface area contributed by atoms with Crippen LogP contribution in [0.1, 0.15) is 55.4 Å². The van der Waals surface area contributed by atoms with E-state index in [-0.39, 0.29) is 24.1 Å². The Labute approximate surface area is 158 Å². The summed E-state index contributed by atoms with van der Waals surface area (Å²) in [4.78, 5) is 38.8. The van der Waals surface area contributed by atoms with Crippen molar-refractivity contribution in [1.82, 2.24) is 25.7 Å². The Balaban J connectivity index is 1.67. The molecule has 0 bridgehead atoms. The number of piperidine rings is 1. The Bertz CT molecular complexity index is 731. The monoisotopic (exact) mass is 377 g/mol. The van der Waals surface area contributed by atoms with Crippen LogP contribution in [0.25, 0.3) is 0 Å². The number of rotatable bonds is 2. The quantitative estimate of drug-likeness (QED) is 0.661. The Morgan fingerprint density at radius 2 is 1.93 bits per heavy atom. The number of fused-ring (bicyclic) bond motifs is 1. The molecule has 0 radical (unpaired) electrons. The SMILES string of the molecule is CC(C)(C)OC(=O)N1CCc2[nH]nc(C(=O)NC(=O)C3CCNCC3)c2C1. The highest BCUT2D eigenvalue weighted by Gasteiger charge is 2.31. The number of ether oxygens (including phenoxy) is 1. The number of hydrogen-bond donors (Lipinski definition) is 3. The Hall–Kier alpha value is -2.42. The first-order chi connectivity index (χ1) is 12.7. The van der Waals surface area contributed by atoms with Crippen LogP contribution in [0.5, 0.6) is 0 Å². The number of nitrogens with one attached hydrogen (secondary N) is 3. The lowest BCUT2D eigenvalue weighted by Gasteiger charge is -2.30. The van der Waals surface area contributed by atoms with E-state index in [0.29, 0.717) is 31.4 Å². The van der Waals surface area contributed by atoms with Crippen LogP contribution in [0.3, 0.4) is 0 Å². The molecule has 0 aromatic carbocycles. The van der Waals surface area contributed by atoms with Gasteiger partial charge in [-0.1, -0.05) is 0 Å². The summed E-state index contributed by atoms with van der Waals surface area (Å²) in [6.45, 7) is 7.68. The highest BCUT2D eigenvalue weighted by molar-refractivity contribution is 6.05. The minimum atomic E-state index is -0.588. The minimum absolute atomic E-state index is 0.164. The lowest BCUT2D eigenvalue weighted by molar-refractivity contribution is -0.124. The lowest BCUT2D eigenvalue weighted by Crippen LogP contribution is -2.42. The highest BCUT2D eigenvalue weighted by atomic mass is 16.6. The standard InChI is InChI=1S/C18H27N5O4/c1-18(2,3)27-17(26)23-9-6-13-12(10-23)14(22-21-13)16(25)20-15(24)11-4-7-19-8-5-11/h11,19H,4-10H2,1-3H3,(H,21,22)(H,20,24,25). The fraction of sp³-hybridized carbons (Fsp3) is 0.667. The number of aromatic amines is 1. The fourth-order valence-electron chi connectivity index (χ4n) is 3.32. The van der Waals surface area contributed by atoms with Gasteiger partial charge in [0.05, 0.1) is 6.54 Å². The summed E-state index contributed by atoms with van der Waals surface area (Å²) in [6, 6.07) is 0. The van der Waals surface area contributed by atoms with E-state index in [1.165, 1.54) is 0 Å². The third-order valence-electron chi connectivity index (χ3n) is 4.75. The van der Waals surface area contributed by atoms with Crippen LogP contribution in [-0.2, 0) is 22.5 Å². The molecule has 1 saturated heterocycles. The van der Waals surface area contributed by atoms with Gasteiger partial charge in [-0.05, 0) is 46.7 Å². The van der Waals surface area contributed by atoms with Crippen molar-refractivity contribution in [3.63, 3.8) is 0 Å². The number of carbonyl (C=O) groups is 3. The van der Waals surface area contributed by atoms with Crippen LogP contribution >= 0.6 is 0 Å². The summed E-state index contributed by atoms with van der Waals surface area (Å²) in [6.07, 6.45) is 1.55. The number of H-pyrrole nitrogens is 1. The predicted molar refractivity (Wildman–Crippen MR) is 97.0 cm³/mol. The van der Waals surface area contributed by atoms with Gasteiger partial charge in [0, 0.05) is 30.1 Å². The molecule has 2 aliphatic heterocycles. The first kappa shape index (κ1) is 19.3. The number of carbonyl (C=O) groups excluding carboxylic acids is 3. The maximum Gasteiger partial charge on any atom is 0.410 e. The van der Waals surface area contributed by atoms with Crippen molar-refractivity contribution in [1.29, 1.82) is 0 Å². The van der Waals surface area contributed by atoms with Crippen molar-refractivity contribution in [3.05, 3.63) is 17.0 Å². The molecule has 27 heavy (non-hydrogen) atoms. The Morgan fingerprint density at radius 1 is 1.22 bits per heavy atom. The molecule has 148 valence electrons. The van der Waals surface area contributed by atoms with Gasteiger partial charge in [0.1, 0.15) is 5.60 Å². The summed E-state index contributed by atoms with van der Waals surface area (Å²) in [5, 5.41) is 12.6. The van der Waals surface area contributed by atoms with Crippen LogP contribution in [0.2, 0.25) is 0 Å². The van der Waals surface area contributed by atoms with E-state index in [1.807, 2.05) is 20.8 Å². The number of nitrogens with zero attached hydrogens (tertiary/aromatic N) is 2. The van der Waals surface area contributed by atoms with E-state index in [1.54, 1.807) is 4.90 Å². The highest BCUT2D eigenvalue weighted by Crippen LogP contribution is 2.22. The van der Waals surface area contributed by atoms with Crippen LogP contribution in [0.15, 0.2) is 0 Å². The second kappa shape index (κ2) is 7.67. The van der Waals surface area contributed by atoms with Gasteiger partial charge < -0.3 is 15.0 Å². The topological polar surface area (TPSA) is 116 Å². The van der Waals surface area contributed by atoms with Crippen LogP contribution < -0.4 is 10.6 Å². The maximum atomic E-state index is 12.6. The van der Waals surface area contributed by atoms with Gasteiger partial charge in [0.2, 0.25) is 5.91 Å². The van der Waals surface area contributed by atoms with Crippen molar-refractivity contribution in [2.75, 3.05) is 19.6 Å². The number of aromatic nitrogens is 2. The molecule has 1 fully saturated rings. The van der Waals surface area contributed by atoms with Gasteiger partial charge in [-0.2, -0.15) is 5.10 Å². The smallest absolute Gasteiger partial charge is 0.410 e. The second-order valence-electron chi connectivity index (χ2n) is 8.02. The van der Waals surface area contributed by atoms with Crippen molar-refractivity contribution in [2.45, 2.75) is 52.2 Å². The van der Waals surface area contributed by atoms with Gasteiger partial charge in [-0.3, -0.25) is 20.0 Å². The molecule has 1 aromatic heterocycles. The average molecular weight is 377 g/mol. The molecule has 3 amide bonds. The average Bonchev–Trinajstić information content (AvgIpc) is 3.04. The molecule has 0 spiro atoms. The number of hydrogen-bond acceptors (Lipinski definition) is 6. The summed E-state index contributed by atoms with van der Waals surface area (Å²) in [5.41, 5.74) is 1.03. The van der Waals surface area contributed by atoms with Gasteiger partial charge >= 0.3 is 6.09 Å². The Morgan fingerprint density at radius 3 is 2.59 bits per heavy atom. The molecule has 3 heterocycles. The first-order valence-electron chi connectivity index (χ1n) is 9.34. The van der Waals surface area contributed by atoms with E-state index in [0.717, 1.165) is 18.8 Å². The molecule has 0 unspecified atom stereocenters. The molecule has 9 nitrogen and oxygen atoms in total. The summed E-state index contributed by atoms with van der Waals surface area (Å²) < 4.78 is 5.41. The molecule has 1 aromatic rings. The van der Waals surface area contributed by atoms with Gasteiger partial charge in [0.15, 0.2) is 5.69 Å². The molecular formula is C18H27N5O4. The largest absolute Gasteiger partial charge is 0.444 e. The Kier molecular flexibility index (Phi) is 5.50. The van der Waals surface area contributed by atoms with Crippen LogP contribution in [-0.4, -0.2) is 58.2 Å². The van der Waals surface area contributed by atoms with Crippen molar-refractivity contribution >= 4 is 17.9 Å². The molecular weight excluding hydrogens is 350 g/mol. The molecule has 0 atom stereocenters. The van der Waals surface area contributed by atoms with Crippen molar-refractivity contribution in [2.24, 2.45) is 5.92 Å². The normalized spacial score (nSPS) is 18.0. The molecule has 2 aliphatic rings. The van der Waals surface area contributed by atoms with Gasteiger partial charge in [-0.15, -0.1) is 0 Å². The second-order valence-corrected chi connectivity index (χ2v) is 8.02. The zero-order valence-corrected chi connectivity index (χ0v) is 16.1. The maximum absolute atomic E-state index is 12.6. The third kappa shape index (κ3) is 4.65. The van der Waals surface area contributed by atoms with E-state index in [4.69, 9.17) is 4.74 Å². The van der Waals surface area contributed by atoms with E-state index >= 15 is 0 Å². The predicted octanol–water partition coefficient (Wildman–Crippen LogP) is 0.959. The van der Waals surface area contributed by atoms with Crippen molar-refractivity contribution in [3.8, 4) is 0 Å². The van der Waals surface area contributed by atoms with Crippen molar-refractivity contribution < 1.29 is 19.1 Å². The summed E-state index contributed by atoms with van der Waals surface area (Å²) >= 11 is 0. The molecule has 9 heteroatoms. The summed E-state index contributed by atoms with van der Waals surface area (Å²) in [5.74, 6) is -0.955. The first-order valence-corrected chi connectivity index (χ1v) is 9.34. The molecule has 3 rings (SSSR count). The summed E-state index contributed by atoms with van der Waals surface area (Å²) in [7, 11) is 0. The van der Waals surface area contributed by atoms with Crippen LogP contribution in [0.4, 0.5) is 4.79 Å². The van der Waals surface area contributed by atoms with Gasteiger partial charge in [0.25, 0.3) is 5.91 Å². The zero-order chi connectivity index (χ0) is 19.6. The zero-order valence-electron chi connectivity index (χ0n) is 16.1. The molecule has 0 saturated carbocycles. The van der Waals surface area contributed by atoms with E-state index in [2.05, 4.69) is 20.8 Å². The number of imide groups is 1. The van der Waals surface area contributed by atoms with E-state index in [9.17, 15) is 14.4 Å². The van der Waals surface area contributed by atoms with Gasteiger partial charge in [-0.25, -0.2) is 4.79 Å². The lowest BCUT2D eigenvalue weighted by atomic mass is 9.97. The van der Waals surface area contributed by atoms with Crippen LogP contribution in [0, 0.1) is 5.92 Å². The fourth-order valence-corrected chi connectivity index (χ4v) is 3.32. The molecule has 3 N–H and O–H groups in total. The van der Waals surface area contributed by atoms with E-state index < -0.39 is 17.6 Å².